The molecule has 1 heterocycles. The van der Waals surface area contributed by atoms with Gasteiger partial charge >= 0.3 is 0 Å². The topological polar surface area (TPSA) is 77.5 Å². The first-order valence-corrected chi connectivity index (χ1v) is 4.26. The smallest absolute Gasteiger partial charge is 0.236 e. The number of carbonyl (C=O) groups excluding carboxylic acids is 1. The van der Waals surface area contributed by atoms with Crippen LogP contribution in [-0.4, -0.2) is 25.7 Å². The number of nitrogens with two attached hydrogens (primary N) is 1. The van der Waals surface area contributed by atoms with Gasteiger partial charge in [0.15, 0.2) is 0 Å². The highest BCUT2D eigenvalue weighted by Crippen LogP contribution is 1.99. The fourth-order valence-electron chi connectivity index (χ4n) is 1.04. The minimum absolute atomic E-state index is 0.271. The average molecular weight is 198 g/mol. The van der Waals surface area contributed by atoms with Gasteiger partial charge in [0, 0.05) is 19.2 Å². The van der Waals surface area contributed by atoms with Crippen molar-refractivity contribution in [1.82, 2.24) is 5.32 Å². The Morgan fingerprint density at radius 1 is 1.79 bits per heavy atom. The highest BCUT2D eigenvalue weighted by Gasteiger charge is 2.13. The molecule has 0 aliphatic carbocycles. The van der Waals surface area contributed by atoms with E-state index in [1.807, 2.05) is 6.07 Å². The molecule has 0 bridgehead atoms. The second kappa shape index (κ2) is 5.41. The maximum Gasteiger partial charge on any atom is 0.236 e. The summed E-state index contributed by atoms with van der Waals surface area (Å²) >= 11 is 0. The Bertz CT molecular complexity index is 272. The lowest BCUT2D eigenvalue weighted by Gasteiger charge is -2.13. The van der Waals surface area contributed by atoms with Crippen LogP contribution in [0.4, 0.5) is 0 Å². The van der Waals surface area contributed by atoms with Crippen molar-refractivity contribution in [3.8, 4) is 0 Å². The largest absolute Gasteiger partial charge is 0.472 e. The van der Waals surface area contributed by atoms with Crippen molar-refractivity contribution in [2.24, 2.45) is 5.73 Å². The fraction of sp³-hybridized carbons (Fsp3) is 0.444. The average Bonchev–Trinajstić information content (AvgIpc) is 2.64. The van der Waals surface area contributed by atoms with Gasteiger partial charge < -0.3 is 14.9 Å². The van der Waals surface area contributed by atoms with Crippen LogP contribution in [0, 0.1) is 0 Å². The third-order valence-electron chi connectivity index (χ3n) is 1.81. The van der Waals surface area contributed by atoms with E-state index in [9.17, 15) is 4.79 Å². The number of rotatable bonds is 6. The Balaban J connectivity index is 2.37. The Hall–Kier alpha value is -1.33. The van der Waals surface area contributed by atoms with Gasteiger partial charge in [-0.15, -0.1) is 0 Å². The summed E-state index contributed by atoms with van der Waals surface area (Å²) in [5, 5.41) is 2.96. The Morgan fingerprint density at radius 2 is 2.57 bits per heavy atom. The third kappa shape index (κ3) is 3.20. The van der Waals surface area contributed by atoms with Crippen molar-refractivity contribution in [1.29, 1.82) is 0 Å². The van der Waals surface area contributed by atoms with E-state index in [4.69, 9.17) is 14.9 Å². The van der Waals surface area contributed by atoms with Gasteiger partial charge in [-0.25, -0.2) is 0 Å². The van der Waals surface area contributed by atoms with Gasteiger partial charge in [0.2, 0.25) is 5.91 Å². The monoisotopic (exact) mass is 198 g/mol. The number of primary amides is 1. The number of hydrogen-bond acceptors (Lipinski definition) is 4. The summed E-state index contributed by atoms with van der Waals surface area (Å²) in [5.74, 6) is -0.421. The molecule has 1 unspecified atom stereocenters. The van der Waals surface area contributed by atoms with Crippen molar-refractivity contribution < 1.29 is 13.9 Å². The highest BCUT2D eigenvalue weighted by atomic mass is 16.5. The molecule has 0 aliphatic heterocycles. The highest BCUT2D eigenvalue weighted by molar-refractivity contribution is 5.79. The molecule has 1 atom stereocenters. The van der Waals surface area contributed by atoms with Gasteiger partial charge in [-0.05, 0) is 6.07 Å². The van der Waals surface area contributed by atoms with Gasteiger partial charge in [0.05, 0.1) is 19.1 Å². The zero-order chi connectivity index (χ0) is 10.4. The number of hydrogen-bond donors (Lipinski definition) is 2. The molecule has 0 aliphatic rings. The van der Waals surface area contributed by atoms with Crippen molar-refractivity contribution >= 4 is 5.91 Å². The van der Waals surface area contributed by atoms with Gasteiger partial charge in [-0.1, -0.05) is 0 Å². The van der Waals surface area contributed by atoms with Gasteiger partial charge in [0.25, 0.3) is 0 Å². The summed E-state index contributed by atoms with van der Waals surface area (Å²) in [4.78, 5) is 10.9. The summed E-state index contributed by atoms with van der Waals surface area (Å²) in [6.45, 7) is 0.806. The molecule has 5 heteroatoms. The van der Waals surface area contributed by atoms with Crippen LogP contribution >= 0.6 is 0 Å². The predicted molar refractivity (Wildman–Crippen MR) is 50.4 cm³/mol. The molecule has 1 rings (SSSR count). The Kier molecular flexibility index (Phi) is 4.15. The van der Waals surface area contributed by atoms with E-state index < -0.39 is 11.9 Å². The SMILES string of the molecule is COCC(NCc1ccoc1)C(N)=O. The summed E-state index contributed by atoms with van der Waals surface area (Å²) < 4.78 is 9.73. The van der Waals surface area contributed by atoms with Gasteiger partial charge in [-0.2, -0.15) is 0 Å². The zero-order valence-corrected chi connectivity index (χ0v) is 8.03. The van der Waals surface area contributed by atoms with Crippen LogP contribution in [0.15, 0.2) is 23.0 Å². The molecular formula is C9H14N2O3. The van der Waals surface area contributed by atoms with E-state index in [2.05, 4.69) is 5.32 Å². The third-order valence-corrected chi connectivity index (χ3v) is 1.81. The number of furan rings is 1. The van der Waals surface area contributed by atoms with E-state index in [0.717, 1.165) is 5.56 Å². The van der Waals surface area contributed by atoms with Crippen molar-refractivity contribution in [3.05, 3.63) is 24.2 Å². The molecule has 0 saturated heterocycles. The van der Waals surface area contributed by atoms with Crippen LogP contribution in [-0.2, 0) is 16.1 Å². The van der Waals surface area contributed by atoms with E-state index in [0.29, 0.717) is 6.54 Å². The summed E-state index contributed by atoms with van der Waals surface area (Å²) in [7, 11) is 1.52. The molecule has 0 spiro atoms. The van der Waals surface area contributed by atoms with E-state index >= 15 is 0 Å². The molecular weight excluding hydrogens is 184 g/mol. The Labute approximate surface area is 82.2 Å². The molecule has 1 aromatic rings. The minimum atomic E-state index is -0.463. The van der Waals surface area contributed by atoms with Crippen LogP contribution < -0.4 is 11.1 Å². The maximum absolute atomic E-state index is 10.9. The molecule has 0 aromatic carbocycles. The first-order chi connectivity index (χ1) is 6.74. The normalized spacial score (nSPS) is 12.6. The van der Waals surface area contributed by atoms with E-state index in [1.165, 1.54) is 7.11 Å². The summed E-state index contributed by atoms with van der Waals surface area (Å²) in [6, 6.07) is 1.35. The summed E-state index contributed by atoms with van der Waals surface area (Å²) in [5.41, 5.74) is 6.12. The number of methoxy groups -OCH3 is 1. The van der Waals surface area contributed by atoms with E-state index in [-0.39, 0.29) is 6.61 Å². The molecule has 0 fully saturated rings. The van der Waals surface area contributed by atoms with Crippen LogP contribution in [0.1, 0.15) is 5.56 Å². The molecule has 5 nitrogen and oxygen atoms in total. The second-order valence-electron chi connectivity index (χ2n) is 2.92. The van der Waals surface area contributed by atoms with Crippen LogP contribution in [0.25, 0.3) is 0 Å². The fourth-order valence-corrected chi connectivity index (χ4v) is 1.04. The van der Waals surface area contributed by atoms with Gasteiger partial charge in [-0.3, -0.25) is 10.1 Å². The molecule has 3 N–H and O–H groups in total. The van der Waals surface area contributed by atoms with Crippen LogP contribution in [0.5, 0.6) is 0 Å². The Morgan fingerprint density at radius 3 is 3.07 bits per heavy atom. The predicted octanol–water partition coefficient (Wildman–Crippen LogP) is -0.130. The van der Waals surface area contributed by atoms with E-state index in [1.54, 1.807) is 12.5 Å². The maximum atomic E-state index is 10.9. The molecule has 0 radical (unpaired) electrons. The number of nitrogens with one attached hydrogen (secondary N) is 1. The van der Waals surface area contributed by atoms with Crippen molar-refractivity contribution in [3.63, 3.8) is 0 Å². The van der Waals surface area contributed by atoms with Crippen molar-refractivity contribution in [2.45, 2.75) is 12.6 Å². The quantitative estimate of drug-likeness (QED) is 0.667. The first-order valence-electron chi connectivity index (χ1n) is 4.26. The standard InChI is InChI=1S/C9H14N2O3/c1-13-6-8(9(10)12)11-4-7-2-3-14-5-7/h2-3,5,8,11H,4,6H2,1H3,(H2,10,12). The lowest BCUT2D eigenvalue weighted by molar-refractivity contribution is -0.121. The first kappa shape index (κ1) is 10.7. The number of amides is 1. The molecule has 14 heavy (non-hydrogen) atoms. The molecule has 78 valence electrons. The molecule has 0 saturated carbocycles. The van der Waals surface area contributed by atoms with Crippen molar-refractivity contribution in [2.75, 3.05) is 13.7 Å². The molecule has 1 amide bonds. The lowest BCUT2D eigenvalue weighted by atomic mass is 10.2. The summed E-state index contributed by atoms with van der Waals surface area (Å²) in [6.07, 6.45) is 3.18. The van der Waals surface area contributed by atoms with Crippen LogP contribution in [0.3, 0.4) is 0 Å². The second-order valence-corrected chi connectivity index (χ2v) is 2.92. The zero-order valence-electron chi connectivity index (χ0n) is 8.03. The minimum Gasteiger partial charge on any atom is -0.472 e. The van der Waals surface area contributed by atoms with Crippen LogP contribution in [0.2, 0.25) is 0 Å². The lowest BCUT2D eigenvalue weighted by Crippen LogP contribution is -2.43. The number of ether oxygens (including phenoxy) is 1. The van der Waals surface area contributed by atoms with Gasteiger partial charge in [0.1, 0.15) is 6.04 Å². The molecule has 1 aromatic heterocycles. The number of carbonyl (C=O) groups is 1.